The van der Waals surface area contributed by atoms with Gasteiger partial charge in [0.05, 0.1) is 29.5 Å². The summed E-state index contributed by atoms with van der Waals surface area (Å²) in [5, 5.41) is 4.20. The quantitative estimate of drug-likeness (QED) is 0.807. The number of anilines is 1. The number of hydrogen-bond acceptors (Lipinski definition) is 3. The van der Waals surface area contributed by atoms with E-state index >= 15 is 0 Å². The molecule has 0 bridgehead atoms. The third-order valence-electron chi connectivity index (χ3n) is 3.06. The highest BCUT2D eigenvalue weighted by Gasteiger charge is 2.10. The van der Waals surface area contributed by atoms with Crippen molar-refractivity contribution >= 4 is 32.7 Å². The lowest BCUT2D eigenvalue weighted by molar-refractivity contribution is 0.614. The molecule has 5 nitrogen and oxygen atoms in total. The fourth-order valence-corrected chi connectivity index (χ4v) is 2.59. The molecule has 1 aromatic carbocycles. The number of benzene rings is 1. The summed E-state index contributed by atoms with van der Waals surface area (Å²) in [6.07, 6.45) is 3.46. The molecule has 0 saturated carbocycles. The summed E-state index contributed by atoms with van der Waals surface area (Å²) >= 11 is 3.47. The molecule has 98 valence electrons. The molecule has 3 rings (SSSR count). The van der Waals surface area contributed by atoms with Crippen LogP contribution in [0.4, 0.5) is 5.69 Å². The first kappa shape index (κ1) is 12.2. The standard InChI is InChI=1S/C13H14BrN5/c1-2-19-12-4-3-9(14)5-11(12)17-13(19)8-18-7-10(15)6-16-18/h3-7H,2,8,15H2,1H3. The first-order valence-electron chi connectivity index (χ1n) is 6.10. The maximum absolute atomic E-state index is 5.68. The van der Waals surface area contributed by atoms with E-state index in [2.05, 4.69) is 43.6 Å². The van der Waals surface area contributed by atoms with Crippen molar-refractivity contribution in [2.45, 2.75) is 20.0 Å². The van der Waals surface area contributed by atoms with E-state index in [0.29, 0.717) is 12.2 Å². The first-order valence-corrected chi connectivity index (χ1v) is 6.89. The molecule has 6 heteroatoms. The van der Waals surface area contributed by atoms with Gasteiger partial charge in [-0.05, 0) is 25.1 Å². The molecule has 0 aliphatic heterocycles. The molecule has 0 radical (unpaired) electrons. The molecule has 0 saturated heterocycles. The van der Waals surface area contributed by atoms with E-state index in [1.807, 2.05) is 18.3 Å². The predicted molar refractivity (Wildman–Crippen MR) is 78.8 cm³/mol. The second-order valence-electron chi connectivity index (χ2n) is 4.38. The van der Waals surface area contributed by atoms with Crippen LogP contribution in [0, 0.1) is 0 Å². The number of nitrogens with two attached hydrogens (primary N) is 1. The van der Waals surface area contributed by atoms with Crippen molar-refractivity contribution in [3.8, 4) is 0 Å². The minimum absolute atomic E-state index is 0.622. The molecular formula is C13H14BrN5. The van der Waals surface area contributed by atoms with Crippen LogP contribution in [0.25, 0.3) is 11.0 Å². The largest absolute Gasteiger partial charge is 0.396 e. The van der Waals surface area contributed by atoms with Crippen LogP contribution in [0.2, 0.25) is 0 Å². The van der Waals surface area contributed by atoms with Gasteiger partial charge in [0.15, 0.2) is 0 Å². The van der Waals surface area contributed by atoms with Gasteiger partial charge < -0.3 is 10.3 Å². The average Bonchev–Trinajstić information content (AvgIpc) is 2.92. The van der Waals surface area contributed by atoms with Gasteiger partial charge in [-0.25, -0.2) is 4.98 Å². The minimum Gasteiger partial charge on any atom is -0.396 e. The molecule has 0 amide bonds. The summed E-state index contributed by atoms with van der Waals surface area (Å²) in [6.45, 7) is 3.62. The molecule has 3 aromatic rings. The van der Waals surface area contributed by atoms with Gasteiger partial charge in [0, 0.05) is 17.2 Å². The van der Waals surface area contributed by atoms with E-state index in [1.54, 1.807) is 10.9 Å². The Labute approximate surface area is 119 Å². The Morgan fingerprint density at radius 1 is 1.37 bits per heavy atom. The van der Waals surface area contributed by atoms with E-state index in [9.17, 15) is 0 Å². The van der Waals surface area contributed by atoms with E-state index in [1.165, 1.54) is 0 Å². The molecule has 2 aromatic heterocycles. The number of aromatic nitrogens is 4. The number of fused-ring (bicyclic) bond motifs is 1. The Morgan fingerprint density at radius 2 is 2.21 bits per heavy atom. The van der Waals surface area contributed by atoms with Crippen LogP contribution in [0.1, 0.15) is 12.7 Å². The van der Waals surface area contributed by atoms with Gasteiger partial charge in [0.2, 0.25) is 0 Å². The number of nitrogens with zero attached hydrogens (tertiary/aromatic N) is 4. The van der Waals surface area contributed by atoms with Crippen LogP contribution in [0.3, 0.4) is 0 Å². The molecule has 0 fully saturated rings. The van der Waals surface area contributed by atoms with Crippen molar-refractivity contribution in [1.82, 2.24) is 19.3 Å². The Balaban J connectivity index is 2.07. The van der Waals surface area contributed by atoms with Gasteiger partial charge in [-0.1, -0.05) is 15.9 Å². The SMILES string of the molecule is CCn1c(Cn2cc(N)cn2)nc2cc(Br)ccc21. The summed E-state index contributed by atoms with van der Waals surface area (Å²) < 4.78 is 5.04. The van der Waals surface area contributed by atoms with E-state index in [0.717, 1.165) is 27.9 Å². The predicted octanol–water partition coefficient (Wildman–Crippen LogP) is 2.65. The van der Waals surface area contributed by atoms with E-state index < -0.39 is 0 Å². The number of rotatable bonds is 3. The average molecular weight is 320 g/mol. The van der Waals surface area contributed by atoms with Crippen LogP contribution in [0.5, 0.6) is 0 Å². The number of nitrogen functional groups attached to an aromatic ring is 1. The fraction of sp³-hybridized carbons (Fsp3) is 0.231. The molecule has 0 unspecified atom stereocenters. The summed E-state index contributed by atoms with van der Waals surface area (Å²) in [5.41, 5.74) is 8.48. The lowest BCUT2D eigenvalue weighted by atomic mass is 10.3. The zero-order valence-corrected chi connectivity index (χ0v) is 12.1. The monoisotopic (exact) mass is 319 g/mol. The highest BCUT2D eigenvalue weighted by Crippen LogP contribution is 2.21. The van der Waals surface area contributed by atoms with Crippen LogP contribution in [-0.4, -0.2) is 19.3 Å². The van der Waals surface area contributed by atoms with Gasteiger partial charge in [0.25, 0.3) is 0 Å². The molecule has 2 heterocycles. The number of aryl methyl sites for hydroxylation is 1. The van der Waals surface area contributed by atoms with E-state index in [4.69, 9.17) is 5.73 Å². The third-order valence-corrected chi connectivity index (χ3v) is 3.56. The Kier molecular flexibility index (Phi) is 3.02. The molecule has 0 aliphatic carbocycles. The van der Waals surface area contributed by atoms with Crippen molar-refractivity contribution in [1.29, 1.82) is 0 Å². The normalized spacial score (nSPS) is 11.3. The molecule has 19 heavy (non-hydrogen) atoms. The third kappa shape index (κ3) is 2.23. The maximum atomic E-state index is 5.68. The van der Waals surface area contributed by atoms with Crippen molar-refractivity contribution < 1.29 is 0 Å². The molecule has 0 aliphatic rings. The van der Waals surface area contributed by atoms with Crippen molar-refractivity contribution in [2.75, 3.05) is 5.73 Å². The maximum Gasteiger partial charge on any atom is 0.131 e. The Hall–Kier alpha value is -1.82. The molecule has 2 N–H and O–H groups in total. The Morgan fingerprint density at radius 3 is 2.89 bits per heavy atom. The van der Waals surface area contributed by atoms with Gasteiger partial charge in [-0.3, -0.25) is 4.68 Å². The second-order valence-corrected chi connectivity index (χ2v) is 5.29. The van der Waals surface area contributed by atoms with Gasteiger partial charge >= 0.3 is 0 Å². The fourth-order valence-electron chi connectivity index (χ4n) is 2.24. The highest BCUT2D eigenvalue weighted by molar-refractivity contribution is 9.10. The minimum atomic E-state index is 0.622. The van der Waals surface area contributed by atoms with Gasteiger partial charge in [-0.2, -0.15) is 5.10 Å². The highest BCUT2D eigenvalue weighted by atomic mass is 79.9. The summed E-state index contributed by atoms with van der Waals surface area (Å²) in [6, 6.07) is 6.14. The van der Waals surface area contributed by atoms with Crippen LogP contribution in [-0.2, 0) is 13.1 Å². The number of hydrogen-bond donors (Lipinski definition) is 1. The van der Waals surface area contributed by atoms with Crippen LogP contribution in [0.15, 0.2) is 35.1 Å². The van der Waals surface area contributed by atoms with Crippen LogP contribution < -0.4 is 5.73 Å². The zero-order chi connectivity index (χ0) is 13.4. The lowest BCUT2D eigenvalue weighted by Crippen LogP contribution is -2.08. The second kappa shape index (κ2) is 4.70. The Bertz CT molecular complexity index is 728. The first-order chi connectivity index (χ1) is 9.17. The number of halogens is 1. The van der Waals surface area contributed by atoms with Crippen molar-refractivity contribution in [2.24, 2.45) is 0 Å². The lowest BCUT2D eigenvalue weighted by Gasteiger charge is -2.05. The van der Waals surface area contributed by atoms with Gasteiger partial charge in [-0.15, -0.1) is 0 Å². The molecule has 0 atom stereocenters. The number of imidazole rings is 1. The van der Waals surface area contributed by atoms with E-state index in [-0.39, 0.29) is 0 Å². The summed E-state index contributed by atoms with van der Waals surface area (Å²) in [4.78, 5) is 4.68. The summed E-state index contributed by atoms with van der Waals surface area (Å²) in [5.74, 6) is 0.985. The molecular weight excluding hydrogens is 306 g/mol. The molecule has 0 spiro atoms. The zero-order valence-electron chi connectivity index (χ0n) is 10.5. The smallest absolute Gasteiger partial charge is 0.131 e. The van der Waals surface area contributed by atoms with Crippen molar-refractivity contribution in [3.63, 3.8) is 0 Å². The van der Waals surface area contributed by atoms with Crippen molar-refractivity contribution in [3.05, 3.63) is 40.9 Å². The van der Waals surface area contributed by atoms with Crippen LogP contribution >= 0.6 is 15.9 Å². The summed E-state index contributed by atoms with van der Waals surface area (Å²) in [7, 11) is 0. The topological polar surface area (TPSA) is 61.7 Å². The van der Waals surface area contributed by atoms with Gasteiger partial charge in [0.1, 0.15) is 5.82 Å².